The number of nitrogens with two attached hydrogens (primary N) is 1. The van der Waals surface area contributed by atoms with Gasteiger partial charge in [0.15, 0.2) is 0 Å². The first kappa shape index (κ1) is 9.97. The zero-order chi connectivity index (χ0) is 10.2. The minimum absolute atomic E-state index is 0.0447. The van der Waals surface area contributed by atoms with Gasteiger partial charge in [0.1, 0.15) is 0 Å². The highest BCUT2D eigenvalue weighted by atomic mass is 16.4. The van der Waals surface area contributed by atoms with Crippen molar-refractivity contribution in [1.82, 2.24) is 0 Å². The van der Waals surface area contributed by atoms with Crippen molar-refractivity contribution in [3.05, 3.63) is 0 Å². The van der Waals surface area contributed by atoms with Gasteiger partial charge in [-0.3, -0.25) is 4.79 Å². The SMILES string of the molecule is NC[C@]1(CC(=O)O)CC2CCCC[C@H]21. The summed E-state index contributed by atoms with van der Waals surface area (Å²) in [5.41, 5.74) is 5.72. The summed E-state index contributed by atoms with van der Waals surface area (Å²) in [6.07, 6.45) is 6.43. The van der Waals surface area contributed by atoms with E-state index in [1.807, 2.05) is 0 Å². The molecule has 2 aliphatic rings. The van der Waals surface area contributed by atoms with E-state index in [2.05, 4.69) is 0 Å². The molecule has 2 saturated carbocycles. The molecule has 80 valence electrons. The molecule has 2 rings (SSSR count). The topological polar surface area (TPSA) is 63.3 Å². The van der Waals surface area contributed by atoms with Crippen LogP contribution in [0.2, 0.25) is 0 Å². The average molecular weight is 197 g/mol. The Morgan fingerprint density at radius 2 is 2.14 bits per heavy atom. The Morgan fingerprint density at radius 1 is 1.43 bits per heavy atom. The summed E-state index contributed by atoms with van der Waals surface area (Å²) in [7, 11) is 0. The van der Waals surface area contributed by atoms with E-state index >= 15 is 0 Å². The maximum Gasteiger partial charge on any atom is 0.303 e. The third kappa shape index (κ3) is 1.44. The van der Waals surface area contributed by atoms with Crippen LogP contribution in [0.3, 0.4) is 0 Å². The van der Waals surface area contributed by atoms with Crippen molar-refractivity contribution in [2.24, 2.45) is 23.0 Å². The Hall–Kier alpha value is -0.570. The number of aliphatic carboxylic acids is 1. The largest absolute Gasteiger partial charge is 0.481 e. The highest BCUT2D eigenvalue weighted by Crippen LogP contribution is 2.58. The molecule has 0 aliphatic heterocycles. The molecular weight excluding hydrogens is 178 g/mol. The Balaban J connectivity index is 2.04. The number of fused-ring (bicyclic) bond motifs is 1. The first-order chi connectivity index (χ1) is 6.68. The van der Waals surface area contributed by atoms with Crippen molar-refractivity contribution >= 4 is 5.97 Å². The van der Waals surface area contributed by atoms with Crippen molar-refractivity contribution in [1.29, 1.82) is 0 Å². The predicted octanol–water partition coefficient (Wildman–Crippen LogP) is 1.62. The van der Waals surface area contributed by atoms with Gasteiger partial charge in [-0.2, -0.15) is 0 Å². The molecule has 0 spiro atoms. The molecule has 2 aliphatic carbocycles. The van der Waals surface area contributed by atoms with Crippen molar-refractivity contribution in [3.63, 3.8) is 0 Å². The molecule has 3 atom stereocenters. The second-order valence-corrected chi connectivity index (χ2v) is 4.99. The standard InChI is InChI=1S/C11H19NO2/c12-7-11(6-10(13)14)5-8-3-1-2-4-9(8)11/h8-9H,1-7,12H2,(H,13,14)/t8?,9-,11-/m1/s1. The highest BCUT2D eigenvalue weighted by Gasteiger charge is 2.53. The molecule has 0 amide bonds. The van der Waals surface area contributed by atoms with Crippen LogP contribution in [0, 0.1) is 17.3 Å². The van der Waals surface area contributed by atoms with Gasteiger partial charge in [-0.1, -0.05) is 19.3 Å². The van der Waals surface area contributed by atoms with Gasteiger partial charge in [-0.05, 0) is 36.6 Å². The number of carbonyl (C=O) groups is 1. The smallest absolute Gasteiger partial charge is 0.303 e. The van der Waals surface area contributed by atoms with Gasteiger partial charge >= 0.3 is 5.97 Å². The summed E-state index contributed by atoms with van der Waals surface area (Å²) < 4.78 is 0. The predicted molar refractivity (Wildman–Crippen MR) is 53.8 cm³/mol. The molecule has 14 heavy (non-hydrogen) atoms. The molecule has 0 aromatic rings. The van der Waals surface area contributed by atoms with Gasteiger partial charge in [0.2, 0.25) is 0 Å². The van der Waals surface area contributed by atoms with Crippen molar-refractivity contribution in [2.45, 2.75) is 38.5 Å². The zero-order valence-electron chi connectivity index (χ0n) is 8.54. The average Bonchev–Trinajstić information content (AvgIpc) is 2.13. The van der Waals surface area contributed by atoms with Crippen LogP contribution in [0.1, 0.15) is 38.5 Å². The van der Waals surface area contributed by atoms with Crippen LogP contribution in [-0.4, -0.2) is 17.6 Å². The fourth-order valence-electron chi connectivity index (χ4n) is 3.58. The lowest BCUT2D eigenvalue weighted by atomic mass is 9.48. The lowest BCUT2D eigenvalue weighted by Crippen LogP contribution is -2.54. The van der Waals surface area contributed by atoms with E-state index in [4.69, 9.17) is 10.8 Å². The molecule has 3 nitrogen and oxygen atoms in total. The molecular formula is C11H19NO2. The maximum atomic E-state index is 10.8. The Labute approximate surface area is 84.7 Å². The summed E-state index contributed by atoms with van der Waals surface area (Å²) in [6, 6.07) is 0. The van der Waals surface area contributed by atoms with E-state index in [9.17, 15) is 4.79 Å². The van der Waals surface area contributed by atoms with Gasteiger partial charge in [-0.25, -0.2) is 0 Å². The molecule has 0 saturated heterocycles. The van der Waals surface area contributed by atoms with Crippen molar-refractivity contribution < 1.29 is 9.90 Å². The summed E-state index contributed by atoms with van der Waals surface area (Å²) >= 11 is 0. The summed E-state index contributed by atoms with van der Waals surface area (Å²) in [5.74, 6) is 0.712. The van der Waals surface area contributed by atoms with Crippen molar-refractivity contribution in [3.8, 4) is 0 Å². The number of hydrogen-bond donors (Lipinski definition) is 2. The van der Waals surface area contributed by atoms with E-state index in [0.717, 1.165) is 12.3 Å². The van der Waals surface area contributed by atoms with Crippen LogP contribution in [0.4, 0.5) is 0 Å². The monoisotopic (exact) mass is 197 g/mol. The fraction of sp³-hybridized carbons (Fsp3) is 0.909. The van der Waals surface area contributed by atoms with Crippen LogP contribution in [0.25, 0.3) is 0 Å². The third-order valence-corrected chi connectivity index (χ3v) is 4.27. The highest BCUT2D eigenvalue weighted by molar-refractivity contribution is 5.68. The second kappa shape index (κ2) is 3.54. The maximum absolute atomic E-state index is 10.8. The second-order valence-electron chi connectivity index (χ2n) is 4.99. The number of rotatable bonds is 3. The molecule has 0 radical (unpaired) electrons. The lowest BCUT2D eigenvalue weighted by molar-refractivity contribution is -0.148. The van der Waals surface area contributed by atoms with Crippen LogP contribution in [0.15, 0.2) is 0 Å². The van der Waals surface area contributed by atoms with E-state index in [-0.39, 0.29) is 11.8 Å². The van der Waals surface area contributed by atoms with E-state index < -0.39 is 5.97 Å². The first-order valence-corrected chi connectivity index (χ1v) is 5.60. The fourth-order valence-corrected chi connectivity index (χ4v) is 3.58. The van der Waals surface area contributed by atoms with Crippen LogP contribution >= 0.6 is 0 Å². The van der Waals surface area contributed by atoms with Gasteiger partial charge in [0, 0.05) is 0 Å². The Kier molecular flexibility index (Phi) is 2.52. The van der Waals surface area contributed by atoms with Gasteiger partial charge in [0.25, 0.3) is 0 Å². The van der Waals surface area contributed by atoms with Crippen LogP contribution in [0.5, 0.6) is 0 Å². The molecule has 0 heterocycles. The molecule has 0 aromatic carbocycles. The van der Waals surface area contributed by atoms with E-state index in [1.165, 1.54) is 25.7 Å². The van der Waals surface area contributed by atoms with Crippen LogP contribution < -0.4 is 5.73 Å². The number of carboxylic acid groups (broad SMARTS) is 1. The van der Waals surface area contributed by atoms with Gasteiger partial charge in [-0.15, -0.1) is 0 Å². The Morgan fingerprint density at radius 3 is 2.71 bits per heavy atom. The summed E-state index contributed by atoms with van der Waals surface area (Å²) in [6.45, 7) is 0.556. The molecule has 1 unspecified atom stereocenters. The van der Waals surface area contributed by atoms with Gasteiger partial charge < -0.3 is 10.8 Å². The molecule has 3 N–H and O–H groups in total. The molecule has 3 heteroatoms. The lowest BCUT2D eigenvalue weighted by Gasteiger charge is -2.57. The third-order valence-electron chi connectivity index (χ3n) is 4.27. The summed E-state index contributed by atoms with van der Waals surface area (Å²) in [4.78, 5) is 10.8. The first-order valence-electron chi connectivity index (χ1n) is 5.60. The zero-order valence-corrected chi connectivity index (χ0v) is 8.54. The van der Waals surface area contributed by atoms with Crippen molar-refractivity contribution in [2.75, 3.05) is 6.54 Å². The van der Waals surface area contributed by atoms with E-state index in [1.54, 1.807) is 0 Å². The number of hydrogen-bond acceptors (Lipinski definition) is 2. The normalized spacial score (nSPS) is 41.2. The van der Waals surface area contributed by atoms with Gasteiger partial charge in [0.05, 0.1) is 6.42 Å². The molecule has 2 fully saturated rings. The minimum atomic E-state index is -0.681. The Bertz CT molecular complexity index is 241. The number of carboxylic acids is 1. The van der Waals surface area contributed by atoms with Crippen LogP contribution in [-0.2, 0) is 4.79 Å². The molecule has 0 bridgehead atoms. The quantitative estimate of drug-likeness (QED) is 0.722. The minimum Gasteiger partial charge on any atom is -0.481 e. The van der Waals surface area contributed by atoms with E-state index in [0.29, 0.717) is 12.5 Å². The molecule has 0 aromatic heterocycles. The summed E-state index contributed by atoms with van der Waals surface area (Å²) in [5, 5.41) is 8.88.